The van der Waals surface area contributed by atoms with Gasteiger partial charge in [0, 0.05) is 6.54 Å². The third-order valence-corrected chi connectivity index (χ3v) is 1.63. The minimum absolute atomic E-state index is 0.949. The van der Waals surface area contributed by atoms with Crippen molar-refractivity contribution in [1.82, 2.24) is 10.2 Å². The first-order chi connectivity index (χ1) is 4.70. The van der Waals surface area contributed by atoms with E-state index in [0.717, 1.165) is 5.92 Å². The molecule has 1 unspecified atom stereocenters. The minimum atomic E-state index is 0.949. The fraction of sp³-hybridized carbons (Fsp3) is 1.00. The largest absolute Gasteiger partial charge is 0.323 e. The Hall–Kier alpha value is -0.0800. The molecular weight excluding hydrogens is 124 g/mol. The monoisotopic (exact) mass is 144 g/mol. The molecule has 0 aromatic rings. The van der Waals surface area contributed by atoms with Gasteiger partial charge in [-0.15, -0.1) is 0 Å². The molecule has 1 aliphatic rings. The zero-order valence-corrected chi connectivity index (χ0v) is 7.65. The molecule has 0 radical (unpaired) electrons. The first-order valence-corrected chi connectivity index (χ1v) is 3.97. The topological polar surface area (TPSA) is 15.3 Å². The van der Waals surface area contributed by atoms with Crippen LogP contribution in [-0.4, -0.2) is 39.1 Å². The molecule has 1 aliphatic heterocycles. The lowest BCUT2D eigenvalue weighted by Crippen LogP contribution is -2.12. The van der Waals surface area contributed by atoms with Gasteiger partial charge in [-0.3, -0.25) is 0 Å². The molecule has 2 heteroatoms. The van der Waals surface area contributed by atoms with E-state index in [-0.39, 0.29) is 0 Å². The maximum atomic E-state index is 2.75. The molecule has 10 heavy (non-hydrogen) atoms. The number of hydrogen-bond acceptors (Lipinski definition) is 2. The first kappa shape index (κ1) is 9.92. The second kappa shape index (κ2) is 5.69. The molecule has 1 fully saturated rings. The highest BCUT2D eigenvalue weighted by atomic mass is 15.1. The number of rotatable bonds is 0. The lowest BCUT2D eigenvalue weighted by atomic mass is 10.2. The zero-order valence-electron chi connectivity index (χ0n) is 7.65. The van der Waals surface area contributed by atoms with Crippen molar-refractivity contribution in [2.75, 3.05) is 34.2 Å². The fourth-order valence-corrected chi connectivity index (χ4v) is 1.16. The van der Waals surface area contributed by atoms with Crippen LogP contribution in [0.15, 0.2) is 0 Å². The third kappa shape index (κ3) is 4.77. The molecule has 1 heterocycles. The zero-order chi connectivity index (χ0) is 7.98. The van der Waals surface area contributed by atoms with E-state index in [0.29, 0.717) is 0 Å². The molecule has 1 saturated heterocycles. The van der Waals surface area contributed by atoms with Crippen LogP contribution in [0.2, 0.25) is 0 Å². The molecule has 0 spiro atoms. The van der Waals surface area contributed by atoms with Crippen LogP contribution in [0.3, 0.4) is 0 Å². The average Bonchev–Trinajstić information content (AvgIpc) is 2.17. The van der Waals surface area contributed by atoms with Crippen molar-refractivity contribution in [1.29, 1.82) is 0 Å². The van der Waals surface area contributed by atoms with Crippen LogP contribution in [0.5, 0.6) is 0 Å². The summed E-state index contributed by atoms with van der Waals surface area (Å²) in [6.45, 7) is 4.92. The van der Waals surface area contributed by atoms with Crippen LogP contribution in [0, 0.1) is 5.92 Å². The van der Waals surface area contributed by atoms with Gasteiger partial charge in [0.2, 0.25) is 0 Å². The molecule has 0 bridgehead atoms. The Kier molecular flexibility index (Phi) is 5.64. The second-order valence-corrected chi connectivity index (χ2v) is 3.16. The lowest BCUT2D eigenvalue weighted by molar-refractivity contribution is 0.402. The Morgan fingerprint density at radius 3 is 2.00 bits per heavy atom. The summed E-state index contributed by atoms with van der Waals surface area (Å²) in [7, 11) is 5.93. The van der Waals surface area contributed by atoms with Crippen molar-refractivity contribution in [2.45, 2.75) is 13.3 Å². The summed E-state index contributed by atoms with van der Waals surface area (Å²) >= 11 is 0. The number of nitrogens with one attached hydrogen (secondary N) is 1. The first-order valence-electron chi connectivity index (χ1n) is 3.97. The highest BCUT2D eigenvalue weighted by Crippen LogP contribution is 2.11. The predicted molar refractivity (Wildman–Crippen MR) is 46.3 cm³/mol. The van der Waals surface area contributed by atoms with Gasteiger partial charge >= 0.3 is 0 Å². The van der Waals surface area contributed by atoms with Gasteiger partial charge in [-0.25, -0.2) is 0 Å². The smallest absolute Gasteiger partial charge is 0.000445 e. The Morgan fingerprint density at radius 2 is 1.90 bits per heavy atom. The SMILES string of the molecule is CC1CCN(C)C1.CNC. The van der Waals surface area contributed by atoms with E-state index < -0.39 is 0 Å². The normalized spacial score (nSPS) is 25.8. The summed E-state index contributed by atoms with van der Waals surface area (Å²) in [5.41, 5.74) is 0. The molecule has 2 nitrogen and oxygen atoms in total. The van der Waals surface area contributed by atoms with E-state index in [1.165, 1.54) is 19.5 Å². The summed E-state index contributed by atoms with van der Waals surface area (Å²) in [6, 6.07) is 0. The molecule has 62 valence electrons. The number of likely N-dealkylation sites (tertiary alicyclic amines) is 1. The van der Waals surface area contributed by atoms with Crippen molar-refractivity contribution in [3.05, 3.63) is 0 Å². The van der Waals surface area contributed by atoms with Crippen molar-refractivity contribution in [3.63, 3.8) is 0 Å². The lowest BCUT2D eigenvalue weighted by Gasteiger charge is -2.03. The maximum absolute atomic E-state index is 2.75. The average molecular weight is 144 g/mol. The number of hydrogen-bond donors (Lipinski definition) is 1. The highest BCUT2D eigenvalue weighted by Gasteiger charge is 2.13. The molecule has 0 saturated carbocycles. The highest BCUT2D eigenvalue weighted by molar-refractivity contribution is 4.67. The van der Waals surface area contributed by atoms with Crippen molar-refractivity contribution < 1.29 is 0 Å². The van der Waals surface area contributed by atoms with Crippen molar-refractivity contribution >= 4 is 0 Å². The number of nitrogens with zero attached hydrogens (tertiary/aromatic N) is 1. The van der Waals surface area contributed by atoms with Crippen LogP contribution in [0.25, 0.3) is 0 Å². The van der Waals surface area contributed by atoms with Crippen molar-refractivity contribution in [2.24, 2.45) is 5.92 Å². The molecule has 0 amide bonds. The van der Waals surface area contributed by atoms with E-state index in [1.807, 2.05) is 14.1 Å². The van der Waals surface area contributed by atoms with Crippen LogP contribution in [0.1, 0.15) is 13.3 Å². The maximum Gasteiger partial charge on any atom is 0.000445 e. The molecule has 0 aromatic heterocycles. The summed E-state index contributed by atoms with van der Waals surface area (Å²) in [5, 5.41) is 2.75. The predicted octanol–water partition coefficient (Wildman–Crippen LogP) is 0.794. The van der Waals surface area contributed by atoms with E-state index in [2.05, 4.69) is 24.2 Å². The Morgan fingerprint density at radius 1 is 1.40 bits per heavy atom. The Bertz CT molecular complexity index is 65.7. The Labute approximate surface area is 64.6 Å². The molecule has 0 aliphatic carbocycles. The van der Waals surface area contributed by atoms with Crippen LogP contribution < -0.4 is 5.32 Å². The molecule has 1 atom stereocenters. The van der Waals surface area contributed by atoms with E-state index in [9.17, 15) is 0 Å². The molecule has 1 N–H and O–H groups in total. The molecule has 1 rings (SSSR count). The van der Waals surface area contributed by atoms with Gasteiger partial charge in [-0.1, -0.05) is 6.92 Å². The van der Waals surface area contributed by atoms with Gasteiger partial charge < -0.3 is 10.2 Å². The van der Waals surface area contributed by atoms with Gasteiger partial charge in [0.05, 0.1) is 0 Å². The van der Waals surface area contributed by atoms with Crippen LogP contribution >= 0.6 is 0 Å². The van der Waals surface area contributed by atoms with Gasteiger partial charge in [0.1, 0.15) is 0 Å². The molecule has 0 aromatic carbocycles. The van der Waals surface area contributed by atoms with Crippen molar-refractivity contribution in [3.8, 4) is 0 Å². The van der Waals surface area contributed by atoms with E-state index in [1.54, 1.807) is 0 Å². The summed E-state index contributed by atoms with van der Waals surface area (Å²) in [5.74, 6) is 0.949. The van der Waals surface area contributed by atoms with E-state index in [4.69, 9.17) is 0 Å². The Balaban J connectivity index is 0.000000236. The quantitative estimate of drug-likeness (QED) is 0.541. The fourth-order valence-electron chi connectivity index (χ4n) is 1.16. The summed E-state index contributed by atoms with van der Waals surface area (Å²) in [6.07, 6.45) is 1.40. The second-order valence-electron chi connectivity index (χ2n) is 3.16. The van der Waals surface area contributed by atoms with Crippen LogP contribution in [-0.2, 0) is 0 Å². The minimum Gasteiger partial charge on any atom is -0.323 e. The van der Waals surface area contributed by atoms with E-state index >= 15 is 0 Å². The van der Waals surface area contributed by atoms with Gasteiger partial charge in [-0.05, 0) is 40.0 Å². The molecular formula is C8H20N2. The summed E-state index contributed by atoms with van der Waals surface area (Å²) in [4.78, 5) is 2.38. The van der Waals surface area contributed by atoms with Crippen LogP contribution in [0.4, 0.5) is 0 Å². The van der Waals surface area contributed by atoms with Gasteiger partial charge in [0.25, 0.3) is 0 Å². The summed E-state index contributed by atoms with van der Waals surface area (Å²) < 4.78 is 0. The third-order valence-electron chi connectivity index (χ3n) is 1.63. The standard InChI is InChI=1S/C6H13N.C2H7N/c1-6-3-4-7(2)5-6;1-3-2/h6H,3-5H2,1-2H3;3H,1-2H3. The van der Waals surface area contributed by atoms with Gasteiger partial charge in [0.15, 0.2) is 0 Å². The van der Waals surface area contributed by atoms with Gasteiger partial charge in [-0.2, -0.15) is 0 Å².